The molecule has 1 N–H and O–H groups in total. The van der Waals surface area contributed by atoms with Gasteiger partial charge in [-0.05, 0) is 25.1 Å². The number of nitrogens with zero attached hydrogens (tertiary/aromatic N) is 1. The first-order valence-electron chi connectivity index (χ1n) is 8.56. The standard InChI is InChI=1S/C17H24N2O5S/c1-2-19(10-17(20)18-13-7-8-25(21,22)12-13)9-14-11-23-15-5-3-4-6-16(15)24-14/h3-6,13-14H,2,7-12H2,1H3,(H,18,20)/t13-,14-/m1/s1. The van der Waals surface area contributed by atoms with Crippen molar-refractivity contribution in [3.63, 3.8) is 0 Å². The number of amides is 1. The van der Waals surface area contributed by atoms with Crippen molar-refractivity contribution in [3.8, 4) is 11.5 Å². The molecule has 8 heteroatoms. The van der Waals surface area contributed by atoms with Crippen molar-refractivity contribution in [3.05, 3.63) is 24.3 Å². The third-order valence-electron chi connectivity index (χ3n) is 4.44. The molecule has 0 aliphatic carbocycles. The normalized spacial score (nSPS) is 24.2. The molecule has 138 valence electrons. The van der Waals surface area contributed by atoms with E-state index in [1.54, 1.807) is 0 Å². The lowest BCUT2D eigenvalue weighted by Crippen LogP contribution is -2.47. The molecular weight excluding hydrogens is 344 g/mol. The molecule has 3 rings (SSSR count). The number of carbonyl (C=O) groups excluding carboxylic acids is 1. The van der Waals surface area contributed by atoms with Crippen LogP contribution in [0.5, 0.6) is 11.5 Å². The summed E-state index contributed by atoms with van der Waals surface area (Å²) in [6.07, 6.45) is 0.353. The van der Waals surface area contributed by atoms with Crippen molar-refractivity contribution in [1.82, 2.24) is 10.2 Å². The Kier molecular flexibility index (Phi) is 5.48. The molecule has 1 aromatic rings. The third kappa shape index (κ3) is 4.85. The zero-order chi connectivity index (χ0) is 17.9. The number of carbonyl (C=O) groups is 1. The maximum absolute atomic E-state index is 12.2. The van der Waals surface area contributed by atoms with E-state index in [1.165, 1.54) is 0 Å². The van der Waals surface area contributed by atoms with Gasteiger partial charge in [0.1, 0.15) is 12.7 Å². The Labute approximate surface area is 148 Å². The summed E-state index contributed by atoms with van der Waals surface area (Å²) in [5, 5.41) is 2.82. The zero-order valence-electron chi connectivity index (χ0n) is 14.3. The van der Waals surface area contributed by atoms with E-state index >= 15 is 0 Å². The highest BCUT2D eigenvalue weighted by Gasteiger charge is 2.29. The number of para-hydroxylation sites is 2. The van der Waals surface area contributed by atoms with E-state index in [1.807, 2.05) is 36.1 Å². The Bertz CT molecular complexity index is 722. The molecular formula is C17H24N2O5S. The van der Waals surface area contributed by atoms with Crippen LogP contribution in [0.2, 0.25) is 0 Å². The van der Waals surface area contributed by atoms with Crippen molar-refractivity contribution >= 4 is 15.7 Å². The van der Waals surface area contributed by atoms with Crippen LogP contribution in [0.3, 0.4) is 0 Å². The summed E-state index contributed by atoms with van der Waals surface area (Å²) < 4.78 is 34.6. The van der Waals surface area contributed by atoms with Gasteiger partial charge in [0, 0.05) is 12.6 Å². The van der Waals surface area contributed by atoms with E-state index in [0.717, 1.165) is 11.5 Å². The molecule has 2 aliphatic heterocycles. The molecule has 0 unspecified atom stereocenters. The van der Waals surface area contributed by atoms with Crippen LogP contribution >= 0.6 is 0 Å². The van der Waals surface area contributed by atoms with E-state index in [9.17, 15) is 13.2 Å². The second kappa shape index (κ2) is 7.61. The van der Waals surface area contributed by atoms with Crippen molar-refractivity contribution < 1.29 is 22.7 Å². The molecule has 0 saturated carbocycles. The summed E-state index contributed by atoms with van der Waals surface area (Å²) in [4.78, 5) is 14.2. The van der Waals surface area contributed by atoms with E-state index in [0.29, 0.717) is 26.1 Å². The molecule has 2 heterocycles. The highest BCUT2D eigenvalue weighted by molar-refractivity contribution is 7.91. The fraction of sp³-hybridized carbons (Fsp3) is 0.588. The van der Waals surface area contributed by atoms with Gasteiger partial charge in [0.15, 0.2) is 21.3 Å². The SMILES string of the molecule is CCN(CC(=O)N[C@@H]1CCS(=O)(=O)C1)C[C@@H]1COc2ccccc2O1. The number of hydrogen-bond donors (Lipinski definition) is 1. The summed E-state index contributed by atoms with van der Waals surface area (Å²) in [7, 11) is -2.99. The number of benzene rings is 1. The van der Waals surface area contributed by atoms with Gasteiger partial charge in [-0.1, -0.05) is 19.1 Å². The molecule has 0 spiro atoms. The van der Waals surface area contributed by atoms with Crippen LogP contribution in [-0.2, 0) is 14.6 Å². The monoisotopic (exact) mass is 368 g/mol. The highest BCUT2D eigenvalue weighted by Crippen LogP contribution is 2.30. The van der Waals surface area contributed by atoms with Crippen LogP contribution in [0.15, 0.2) is 24.3 Å². The van der Waals surface area contributed by atoms with Crippen molar-refractivity contribution in [2.45, 2.75) is 25.5 Å². The number of fused-ring (bicyclic) bond motifs is 1. The van der Waals surface area contributed by atoms with Gasteiger partial charge in [-0.15, -0.1) is 0 Å². The van der Waals surface area contributed by atoms with Gasteiger partial charge in [-0.25, -0.2) is 8.42 Å². The van der Waals surface area contributed by atoms with Crippen molar-refractivity contribution in [1.29, 1.82) is 0 Å². The van der Waals surface area contributed by atoms with E-state index < -0.39 is 9.84 Å². The second-order valence-corrected chi connectivity index (χ2v) is 8.72. The Morgan fingerprint density at radius 1 is 1.32 bits per heavy atom. The van der Waals surface area contributed by atoms with E-state index in [4.69, 9.17) is 9.47 Å². The fourth-order valence-electron chi connectivity index (χ4n) is 3.13. The average molecular weight is 368 g/mol. The van der Waals surface area contributed by atoms with Crippen LogP contribution in [0.25, 0.3) is 0 Å². The molecule has 0 bridgehead atoms. The second-order valence-electron chi connectivity index (χ2n) is 6.49. The first-order valence-corrected chi connectivity index (χ1v) is 10.4. The van der Waals surface area contributed by atoms with Gasteiger partial charge in [-0.3, -0.25) is 9.69 Å². The molecule has 2 atom stereocenters. The number of likely N-dealkylation sites (N-methyl/N-ethyl adjacent to an activating group) is 1. The van der Waals surface area contributed by atoms with Crippen LogP contribution in [0.4, 0.5) is 0 Å². The number of ether oxygens (including phenoxy) is 2. The van der Waals surface area contributed by atoms with Gasteiger partial charge < -0.3 is 14.8 Å². The molecule has 25 heavy (non-hydrogen) atoms. The highest BCUT2D eigenvalue weighted by atomic mass is 32.2. The number of hydrogen-bond acceptors (Lipinski definition) is 6. The largest absolute Gasteiger partial charge is 0.486 e. The van der Waals surface area contributed by atoms with Crippen molar-refractivity contribution in [2.24, 2.45) is 0 Å². The topological polar surface area (TPSA) is 84.9 Å². The molecule has 2 aliphatic rings. The Hall–Kier alpha value is -1.80. The van der Waals surface area contributed by atoms with Crippen molar-refractivity contribution in [2.75, 3.05) is 37.7 Å². The van der Waals surface area contributed by atoms with Crippen LogP contribution in [0.1, 0.15) is 13.3 Å². The molecule has 1 amide bonds. The maximum Gasteiger partial charge on any atom is 0.234 e. The van der Waals surface area contributed by atoms with E-state index in [2.05, 4.69) is 5.32 Å². The van der Waals surface area contributed by atoms with Crippen LogP contribution in [0, 0.1) is 0 Å². The number of nitrogens with one attached hydrogen (secondary N) is 1. The summed E-state index contributed by atoms with van der Waals surface area (Å²) in [5.74, 6) is 1.50. The van der Waals surface area contributed by atoms with Crippen LogP contribution in [-0.4, -0.2) is 69.1 Å². The maximum atomic E-state index is 12.2. The zero-order valence-corrected chi connectivity index (χ0v) is 15.1. The first-order chi connectivity index (χ1) is 11.9. The average Bonchev–Trinajstić information content (AvgIpc) is 2.92. The summed E-state index contributed by atoms with van der Waals surface area (Å²) in [5.41, 5.74) is 0. The van der Waals surface area contributed by atoms with Gasteiger partial charge in [-0.2, -0.15) is 0 Å². The van der Waals surface area contributed by atoms with E-state index in [-0.39, 0.29) is 36.1 Å². The first kappa shape index (κ1) is 18.0. The van der Waals surface area contributed by atoms with Crippen LogP contribution < -0.4 is 14.8 Å². The molecule has 0 aromatic heterocycles. The number of sulfone groups is 1. The van der Waals surface area contributed by atoms with Gasteiger partial charge >= 0.3 is 0 Å². The quantitative estimate of drug-likeness (QED) is 0.785. The number of rotatable bonds is 6. The van der Waals surface area contributed by atoms with Gasteiger partial charge in [0.2, 0.25) is 5.91 Å². The predicted molar refractivity (Wildman–Crippen MR) is 93.7 cm³/mol. The molecule has 7 nitrogen and oxygen atoms in total. The third-order valence-corrected chi connectivity index (χ3v) is 6.21. The minimum atomic E-state index is -2.99. The fourth-order valence-corrected chi connectivity index (χ4v) is 4.81. The Morgan fingerprint density at radius 2 is 2.08 bits per heavy atom. The minimum Gasteiger partial charge on any atom is -0.486 e. The summed E-state index contributed by atoms with van der Waals surface area (Å²) in [6.45, 7) is 3.90. The lowest BCUT2D eigenvalue weighted by molar-refractivity contribution is -0.123. The molecule has 0 radical (unpaired) electrons. The summed E-state index contributed by atoms with van der Waals surface area (Å²) in [6, 6.07) is 7.26. The Morgan fingerprint density at radius 3 is 2.76 bits per heavy atom. The van der Waals surface area contributed by atoms with Gasteiger partial charge in [0.05, 0.1) is 18.1 Å². The lowest BCUT2D eigenvalue weighted by atomic mass is 10.2. The molecule has 1 saturated heterocycles. The lowest BCUT2D eigenvalue weighted by Gasteiger charge is -2.30. The summed E-state index contributed by atoms with van der Waals surface area (Å²) >= 11 is 0. The van der Waals surface area contributed by atoms with Gasteiger partial charge in [0.25, 0.3) is 0 Å². The minimum absolute atomic E-state index is 0.0429. The predicted octanol–water partition coefficient (Wildman–Crippen LogP) is 0.452. The smallest absolute Gasteiger partial charge is 0.234 e. The Balaban J connectivity index is 1.49. The molecule has 1 aromatic carbocycles. The molecule has 1 fully saturated rings.